The lowest BCUT2D eigenvalue weighted by Gasteiger charge is -2.40. The van der Waals surface area contributed by atoms with Crippen LogP contribution in [0, 0.1) is 24.6 Å². The Hall–Kier alpha value is -1.62. The van der Waals surface area contributed by atoms with Crippen LogP contribution < -0.4 is 4.90 Å². The number of hydrogen-bond donors (Lipinski definition) is 0. The first kappa shape index (κ1) is 18.4. The van der Waals surface area contributed by atoms with Gasteiger partial charge in [0.25, 0.3) is 0 Å². The van der Waals surface area contributed by atoms with E-state index in [2.05, 4.69) is 14.7 Å². The Kier molecular flexibility index (Phi) is 4.82. The van der Waals surface area contributed by atoms with Crippen molar-refractivity contribution in [3.05, 3.63) is 29.6 Å². The Morgan fingerprint density at radius 3 is 2.50 bits per heavy atom. The molecular formula is C23H32FN3O. The highest BCUT2D eigenvalue weighted by molar-refractivity contribution is 5.80. The summed E-state index contributed by atoms with van der Waals surface area (Å²) in [6.45, 7) is 7.06. The van der Waals surface area contributed by atoms with Gasteiger partial charge in [-0.25, -0.2) is 4.39 Å². The van der Waals surface area contributed by atoms with Gasteiger partial charge in [0.05, 0.1) is 5.92 Å². The van der Waals surface area contributed by atoms with E-state index in [1.54, 1.807) is 12.1 Å². The number of anilines is 1. The fourth-order valence-electron chi connectivity index (χ4n) is 5.64. The molecule has 4 aliphatic heterocycles. The van der Waals surface area contributed by atoms with Gasteiger partial charge in [-0.1, -0.05) is 0 Å². The molecule has 4 nitrogen and oxygen atoms in total. The van der Waals surface area contributed by atoms with Gasteiger partial charge < -0.3 is 9.80 Å². The van der Waals surface area contributed by atoms with Gasteiger partial charge in [-0.05, 0) is 75.1 Å². The Labute approximate surface area is 167 Å². The Bertz CT molecular complexity index is 741. The molecule has 0 spiro atoms. The molecule has 152 valence electrons. The molecule has 0 unspecified atom stereocenters. The Morgan fingerprint density at radius 1 is 1.00 bits per heavy atom. The maximum atomic E-state index is 13.4. The topological polar surface area (TPSA) is 26.8 Å². The first-order valence-electron chi connectivity index (χ1n) is 11.1. The van der Waals surface area contributed by atoms with Crippen molar-refractivity contribution >= 4 is 11.6 Å². The number of carbonyl (C=O) groups is 1. The number of aryl methyl sites for hydroxylation is 1. The fourth-order valence-corrected chi connectivity index (χ4v) is 5.64. The first-order chi connectivity index (χ1) is 13.6. The van der Waals surface area contributed by atoms with Crippen LogP contribution in [0.15, 0.2) is 18.2 Å². The van der Waals surface area contributed by atoms with Crippen molar-refractivity contribution in [1.29, 1.82) is 0 Å². The lowest BCUT2D eigenvalue weighted by atomic mass is 9.93. The van der Waals surface area contributed by atoms with E-state index in [-0.39, 0.29) is 11.7 Å². The Morgan fingerprint density at radius 2 is 1.79 bits per heavy atom. The molecule has 28 heavy (non-hydrogen) atoms. The molecule has 6 rings (SSSR count). The van der Waals surface area contributed by atoms with Crippen molar-refractivity contribution in [2.24, 2.45) is 11.8 Å². The average molecular weight is 386 g/mol. The third kappa shape index (κ3) is 3.54. The van der Waals surface area contributed by atoms with Gasteiger partial charge in [0.2, 0.25) is 5.91 Å². The molecule has 1 aliphatic carbocycles. The molecule has 1 saturated carbocycles. The van der Waals surface area contributed by atoms with Gasteiger partial charge in [-0.3, -0.25) is 9.69 Å². The summed E-state index contributed by atoms with van der Waals surface area (Å²) in [4.78, 5) is 20.3. The number of hydrogen-bond acceptors (Lipinski definition) is 3. The van der Waals surface area contributed by atoms with E-state index in [4.69, 9.17) is 0 Å². The van der Waals surface area contributed by atoms with Crippen molar-refractivity contribution in [1.82, 2.24) is 9.80 Å². The van der Waals surface area contributed by atoms with Crippen LogP contribution in [0.25, 0.3) is 0 Å². The zero-order chi connectivity index (χ0) is 19.3. The highest BCUT2D eigenvalue weighted by Crippen LogP contribution is 2.37. The summed E-state index contributed by atoms with van der Waals surface area (Å²) in [6.07, 6.45) is 7.15. The summed E-state index contributed by atoms with van der Waals surface area (Å²) in [5.74, 6) is 1.27. The van der Waals surface area contributed by atoms with E-state index >= 15 is 0 Å². The number of carbonyl (C=O) groups excluding carboxylic acids is 1. The molecule has 2 atom stereocenters. The van der Waals surface area contributed by atoms with Crippen molar-refractivity contribution in [2.45, 2.75) is 57.5 Å². The van der Waals surface area contributed by atoms with Gasteiger partial charge in [0.1, 0.15) is 5.82 Å². The number of nitrogens with zero attached hydrogens (tertiary/aromatic N) is 3. The second-order valence-corrected chi connectivity index (χ2v) is 9.47. The predicted octanol–water partition coefficient (Wildman–Crippen LogP) is 3.44. The molecular weight excluding hydrogens is 353 g/mol. The standard InChI is InChI=1S/C23H32FN3O/c1-16-12-19(24)5-7-22(16)25-10-8-20(9-11-25)26-14-18-4-6-21(15-26)27(23(18)28)13-17-2-3-17/h5,7,12,17-18,20-21H,2-4,6,8-11,13-15H2,1H3/t18-,21+/m1/s1. The third-order valence-electron chi connectivity index (χ3n) is 7.45. The van der Waals surface area contributed by atoms with E-state index < -0.39 is 0 Å². The molecule has 4 saturated heterocycles. The van der Waals surface area contributed by atoms with Crippen LogP contribution >= 0.6 is 0 Å². The van der Waals surface area contributed by atoms with Crippen LogP contribution in [0.1, 0.15) is 44.1 Å². The molecule has 1 aromatic carbocycles. The largest absolute Gasteiger partial charge is 0.371 e. The molecule has 5 aliphatic rings. The van der Waals surface area contributed by atoms with Gasteiger partial charge >= 0.3 is 0 Å². The molecule has 1 amide bonds. The monoisotopic (exact) mass is 385 g/mol. The number of halogens is 1. The van der Waals surface area contributed by atoms with Crippen molar-refractivity contribution in [2.75, 3.05) is 37.6 Å². The molecule has 1 aromatic rings. The SMILES string of the molecule is Cc1cc(F)ccc1N1CCC(N2C[C@H]3CC[C@@H](C2)N(CC2CC2)C3=O)CC1. The lowest BCUT2D eigenvalue weighted by molar-refractivity contribution is -0.140. The van der Waals surface area contributed by atoms with Crippen molar-refractivity contribution in [3.8, 4) is 0 Å². The second kappa shape index (κ2) is 7.33. The number of rotatable bonds is 4. The molecule has 2 bridgehead atoms. The van der Waals surface area contributed by atoms with Crippen LogP contribution in [0.2, 0.25) is 0 Å². The van der Waals surface area contributed by atoms with E-state index in [0.29, 0.717) is 18.0 Å². The third-order valence-corrected chi connectivity index (χ3v) is 7.45. The van der Waals surface area contributed by atoms with Crippen LogP contribution in [0.4, 0.5) is 10.1 Å². The highest BCUT2D eigenvalue weighted by atomic mass is 19.1. The van der Waals surface area contributed by atoms with Crippen LogP contribution in [-0.4, -0.2) is 60.5 Å². The average Bonchev–Trinajstić information content (AvgIpc) is 3.52. The highest BCUT2D eigenvalue weighted by Gasteiger charge is 2.44. The minimum atomic E-state index is -0.156. The molecule has 5 heteroatoms. The zero-order valence-corrected chi connectivity index (χ0v) is 16.9. The predicted molar refractivity (Wildman–Crippen MR) is 109 cm³/mol. The smallest absolute Gasteiger partial charge is 0.227 e. The molecule has 0 radical (unpaired) electrons. The summed E-state index contributed by atoms with van der Waals surface area (Å²) >= 11 is 0. The van der Waals surface area contributed by atoms with E-state index in [1.165, 1.54) is 24.9 Å². The number of fused-ring (bicyclic) bond motifs is 4. The number of amides is 1. The number of benzene rings is 1. The summed E-state index contributed by atoms with van der Waals surface area (Å²) in [6, 6.07) is 6.14. The Balaban J connectivity index is 1.23. The summed E-state index contributed by atoms with van der Waals surface area (Å²) in [5, 5.41) is 0. The maximum Gasteiger partial charge on any atom is 0.227 e. The first-order valence-corrected chi connectivity index (χ1v) is 11.1. The lowest BCUT2D eigenvalue weighted by Crippen LogP contribution is -2.50. The van der Waals surface area contributed by atoms with Crippen LogP contribution in [0.5, 0.6) is 0 Å². The summed E-state index contributed by atoms with van der Waals surface area (Å²) in [5.41, 5.74) is 2.19. The van der Waals surface area contributed by atoms with Gasteiger partial charge in [0.15, 0.2) is 0 Å². The number of piperidine rings is 2. The van der Waals surface area contributed by atoms with E-state index in [1.807, 2.05) is 13.0 Å². The van der Waals surface area contributed by atoms with Crippen molar-refractivity contribution in [3.63, 3.8) is 0 Å². The summed E-state index contributed by atoms with van der Waals surface area (Å²) in [7, 11) is 0. The van der Waals surface area contributed by atoms with E-state index in [9.17, 15) is 9.18 Å². The molecule has 4 heterocycles. The summed E-state index contributed by atoms with van der Waals surface area (Å²) < 4.78 is 13.4. The van der Waals surface area contributed by atoms with Crippen molar-refractivity contribution < 1.29 is 9.18 Å². The minimum absolute atomic E-state index is 0.156. The quantitative estimate of drug-likeness (QED) is 0.794. The van der Waals surface area contributed by atoms with E-state index in [0.717, 1.165) is 63.5 Å². The zero-order valence-electron chi connectivity index (χ0n) is 16.9. The van der Waals surface area contributed by atoms with Crippen LogP contribution in [-0.2, 0) is 4.79 Å². The molecule has 5 fully saturated rings. The van der Waals surface area contributed by atoms with Crippen LogP contribution in [0.3, 0.4) is 0 Å². The van der Waals surface area contributed by atoms with Gasteiger partial charge in [-0.2, -0.15) is 0 Å². The van der Waals surface area contributed by atoms with Gasteiger partial charge in [0, 0.05) is 50.5 Å². The normalized spacial score (nSPS) is 29.4. The van der Waals surface area contributed by atoms with Gasteiger partial charge in [-0.15, -0.1) is 0 Å². The second-order valence-electron chi connectivity index (χ2n) is 9.47. The minimum Gasteiger partial charge on any atom is -0.371 e. The maximum absolute atomic E-state index is 13.4. The fraction of sp³-hybridized carbons (Fsp3) is 0.696. The molecule has 0 aromatic heterocycles. The molecule has 0 N–H and O–H groups in total.